The molecule has 1 aromatic rings. The van der Waals surface area contributed by atoms with Gasteiger partial charge in [0, 0.05) is 25.4 Å². The van der Waals surface area contributed by atoms with Crippen molar-refractivity contribution in [1.82, 2.24) is 10.3 Å². The van der Waals surface area contributed by atoms with E-state index >= 15 is 0 Å². The van der Waals surface area contributed by atoms with E-state index in [1.54, 1.807) is 26.2 Å². The van der Waals surface area contributed by atoms with Crippen LogP contribution in [0.15, 0.2) is 12.1 Å². The van der Waals surface area contributed by atoms with E-state index in [-0.39, 0.29) is 5.91 Å². The standard InChI is InChI=1S/C10H15N3O/c1-4-8-5-7(10(14)12-3)6-9(11-2)13-8/h5-6H,4H2,1-3H3,(H,11,13)(H,12,14). The van der Waals surface area contributed by atoms with Crippen molar-refractivity contribution in [3.05, 3.63) is 23.4 Å². The number of carbonyl (C=O) groups excluding carboxylic acids is 1. The third kappa shape index (κ3) is 2.22. The van der Waals surface area contributed by atoms with Crippen molar-refractivity contribution in [2.24, 2.45) is 0 Å². The van der Waals surface area contributed by atoms with Gasteiger partial charge in [-0.1, -0.05) is 6.92 Å². The van der Waals surface area contributed by atoms with Crippen LogP contribution in [-0.2, 0) is 6.42 Å². The molecule has 0 aliphatic carbocycles. The van der Waals surface area contributed by atoms with Crippen LogP contribution in [0.25, 0.3) is 0 Å². The highest BCUT2D eigenvalue weighted by Gasteiger charge is 2.06. The number of aromatic nitrogens is 1. The van der Waals surface area contributed by atoms with Crippen LogP contribution < -0.4 is 10.6 Å². The average molecular weight is 193 g/mol. The van der Waals surface area contributed by atoms with Crippen LogP contribution in [0, 0.1) is 0 Å². The van der Waals surface area contributed by atoms with Crippen LogP contribution >= 0.6 is 0 Å². The summed E-state index contributed by atoms with van der Waals surface area (Å²) in [6.07, 6.45) is 0.819. The van der Waals surface area contributed by atoms with Gasteiger partial charge >= 0.3 is 0 Å². The molecule has 0 bridgehead atoms. The molecule has 0 aromatic carbocycles. The molecule has 0 unspecified atom stereocenters. The molecule has 1 rings (SSSR count). The lowest BCUT2D eigenvalue weighted by molar-refractivity contribution is 0.0963. The van der Waals surface area contributed by atoms with Crippen molar-refractivity contribution in [3.8, 4) is 0 Å². The van der Waals surface area contributed by atoms with Crippen LogP contribution in [0.4, 0.5) is 5.82 Å². The maximum absolute atomic E-state index is 11.4. The number of carbonyl (C=O) groups is 1. The Balaban J connectivity index is 3.10. The number of aryl methyl sites for hydroxylation is 1. The minimum Gasteiger partial charge on any atom is -0.373 e. The molecule has 0 saturated carbocycles. The summed E-state index contributed by atoms with van der Waals surface area (Å²) in [4.78, 5) is 15.7. The van der Waals surface area contributed by atoms with Gasteiger partial charge < -0.3 is 10.6 Å². The van der Waals surface area contributed by atoms with Gasteiger partial charge in [0.25, 0.3) is 5.91 Å². The van der Waals surface area contributed by atoms with Gasteiger partial charge in [0.15, 0.2) is 0 Å². The molecule has 0 saturated heterocycles. The van der Waals surface area contributed by atoms with Gasteiger partial charge in [-0.15, -0.1) is 0 Å². The summed E-state index contributed by atoms with van der Waals surface area (Å²) in [6.45, 7) is 2.01. The summed E-state index contributed by atoms with van der Waals surface area (Å²) in [5.74, 6) is 0.640. The monoisotopic (exact) mass is 193 g/mol. The predicted molar refractivity (Wildman–Crippen MR) is 56.6 cm³/mol. The zero-order valence-electron chi connectivity index (χ0n) is 8.72. The number of amides is 1. The second kappa shape index (κ2) is 4.60. The molecule has 0 spiro atoms. The average Bonchev–Trinajstić information content (AvgIpc) is 2.27. The lowest BCUT2D eigenvalue weighted by Gasteiger charge is -2.06. The number of rotatable bonds is 3. The van der Waals surface area contributed by atoms with Crippen molar-refractivity contribution >= 4 is 11.7 Å². The highest BCUT2D eigenvalue weighted by Crippen LogP contribution is 2.10. The Kier molecular flexibility index (Phi) is 3.45. The predicted octanol–water partition coefficient (Wildman–Crippen LogP) is 1.05. The number of nitrogens with zero attached hydrogens (tertiary/aromatic N) is 1. The zero-order valence-corrected chi connectivity index (χ0v) is 8.72. The molecule has 1 aromatic heterocycles. The van der Waals surface area contributed by atoms with Gasteiger partial charge in [-0.05, 0) is 18.6 Å². The van der Waals surface area contributed by atoms with Gasteiger partial charge in [0.1, 0.15) is 5.82 Å². The Morgan fingerprint density at radius 2 is 2.14 bits per heavy atom. The quantitative estimate of drug-likeness (QED) is 0.754. The van der Waals surface area contributed by atoms with Gasteiger partial charge in [0.05, 0.1) is 0 Å². The van der Waals surface area contributed by atoms with Crippen LogP contribution in [-0.4, -0.2) is 25.0 Å². The first-order chi connectivity index (χ1) is 6.71. The Bertz CT molecular complexity index is 314. The molecule has 0 fully saturated rings. The molecule has 1 amide bonds. The van der Waals surface area contributed by atoms with Crippen molar-refractivity contribution in [2.75, 3.05) is 19.4 Å². The fourth-order valence-electron chi connectivity index (χ4n) is 1.17. The zero-order chi connectivity index (χ0) is 10.6. The first-order valence-electron chi connectivity index (χ1n) is 4.62. The van der Waals surface area contributed by atoms with E-state index in [9.17, 15) is 4.79 Å². The van der Waals surface area contributed by atoms with E-state index in [1.807, 2.05) is 6.92 Å². The second-order valence-corrected chi connectivity index (χ2v) is 2.92. The first-order valence-corrected chi connectivity index (χ1v) is 4.62. The van der Waals surface area contributed by atoms with E-state index in [2.05, 4.69) is 15.6 Å². The van der Waals surface area contributed by atoms with Gasteiger partial charge in [-0.2, -0.15) is 0 Å². The smallest absolute Gasteiger partial charge is 0.251 e. The number of nitrogens with one attached hydrogen (secondary N) is 2. The molecule has 0 aliphatic rings. The summed E-state index contributed by atoms with van der Waals surface area (Å²) in [5.41, 5.74) is 1.55. The number of pyridine rings is 1. The SMILES string of the molecule is CCc1cc(C(=O)NC)cc(NC)n1. The summed E-state index contributed by atoms with van der Waals surface area (Å²) >= 11 is 0. The number of hydrogen-bond acceptors (Lipinski definition) is 3. The van der Waals surface area contributed by atoms with Crippen molar-refractivity contribution in [2.45, 2.75) is 13.3 Å². The van der Waals surface area contributed by atoms with Crippen molar-refractivity contribution in [3.63, 3.8) is 0 Å². The van der Waals surface area contributed by atoms with E-state index in [4.69, 9.17) is 0 Å². The normalized spacial score (nSPS) is 9.64. The molecular weight excluding hydrogens is 178 g/mol. The van der Waals surface area contributed by atoms with E-state index in [0.29, 0.717) is 5.56 Å². The highest BCUT2D eigenvalue weighted by molar-refractivity contribution is 5.94. The minimum absolute atomic E-state index is 0.0846. The van der Waals surface area contributed by atoms with Gasteiger partial charge in [-0.25, -0.2) is 4.98 Å². The topological polar surface area (TPSA) is 54.0 Å². The van der Waals surface area contributed by atoms with Crippen LogP contribution in [0.1, 0.15) is 23.0 Å². The maximum Gasteiger partial charge on any atom is 0.251 e. The van der Waals surface area contributed by atoms with Crippen LogP contribution in [0.5, 0.6) is 0 Å². The maximum atomic E-state index is 11.4. The highest BCUT2D eigenvalue weighted by atomic mass is 16.1. The lowest BCUT2D eigenvalue weighted by Crippen LogP contribution is -2.18. The molecular formula is C10H15N3O. The molecule has 4 heteroatoms. The summed E-state index contributed by atoms with van der Waals surface area (Å²) in [7, 11) is 3.41. The third-order valence-electron chi connectivity index (χ3n) is 1.99. The largest absolute Gasteiger partial charge is 0.373 e. The Labute approximate surface area is 83.7 Å². The fourth-order valence-corrected chi connectivity index (χ4v) is 1.17. The van der Waals surface area contributed by atoms with E-state index in [1.165, 1.54) is 0 Å². The van der Waals surface area contributed by atoms with Gasteiger partial charge in [0.2, 0.25) is 0 Å². The molecule has 0 atom stereocenters. The Morgan fingerprint density at radius 3 is 2.64 bits per heavy atom. The molecule has 14 heavy (non-hydrogen) atoms. The lowest BCUT2D eigenvalue weighted by atomic mass is 10.2. The number of anilines is 1. The molecule has 2 N–H and O–H groups in total. The van der Waals surface area contributed by atoms with E-state index < -0.39 is 0 Å². The summed E-state index contributed by atoms with van der Waals surface area (Å²) in [5, 5.41) is 5.52. The second-order valence-electron chi connectivity index (χ2n) is 2.92. The third-order valence-corrected chi connectivity index (χ3v) is 1.99. The summed E-state index contributed by atoms with van der Waals surface area (Å²) in [6, 6.07) is 3.54. The summed E-state index contributed by atoms with van der Waals surface area (Å²) < 4.78 is 0. The molecule has 0 aliphatic heterocycles. The molecule has 1 heterocycles. The van der Waals surface area contributed by atoms with Crippen LogP contribution in [0.3, 0.4) is 0 Å². The molecule has 0 radical (unpaired) electrons. The number of hydrogen-bond donors (Lipinski definition) is 2. The first kappa shape index (κ1) is 10.5. The van der Waals surface area contributed by atoms with Gasteiger partial charge in [-0.3, -0.25) is 4.79 Å². The minimum atomic E-state index is -0.0846. The Morgan fingerprint density at radius 1 is 1.43 bits per heavy atom. The molecule has 76 valence electrons. The fraction of sp³-hybridized carbons (Fsp3) is 0.400. The van der Waals surface area contributed by atoms with Crippen molar-refractivity contribution < 1.29 is 4.79 Å². The Hall–Kier alpha value is -1.58. The van der Waals surface area contributed by atoms with Crippen LogP contribution in [0.2, 0.25) is 0 Å². The molecule has 4 nitrogen and oxygen atoms in total. The van der Waals surface area contributed by atoms with Crippen molar-refractivity contribution in [1.29, 1.82) is 0 Å². The van der Waals surface area contributed by atoms with E-state index in [0.717, 1.165) is 17.9 Å².